The molecule has 2 unspecified atom stereocenters. The van der Waals surface area contributed by atoms with Crippen LogP contribution in [0, 0.1) is 0 Å². The minimum Gasteiger partial charge on any atom is -0.479 e. The molecule has 0 spiro atoms. The number of carboxylic acid groups (broad SMARTS) is 1. The molecule has 0 aromatic heterocycles. The average Bonchev–Trinajstić information content (AvgIpc) is 2.20. The highest BCUT2D eigenvalue weighted by Crippen LogP contribution is 1.98. The first-order valence-corrected chi connectivity index (χ1v) is 5.01. The van der Waals surface area contributed by atoms with E-state index in [0.29, 0.717) is 6.10 Å². The Morgan fingerprint density at radius 3 is 2.67 bits per heavy atom. The first-order chi connectivity index (χ1) is 7.07. The third-order valence-corrected chi connectivity index (χ3v) is 1.85. The number of aliphatic hydroxyl groups excluding tert-OH is 1. The van der Waals surface area contributed by atoms with Crippen molar-refractivity contribution in [2.75, 3.05) is 26.2 Å². The molecule has 6 nitrogen and oxygen atoms in total. The highest BCUT2D eigenvalue weighted by Gasteiger charge is 2.10. The lowest BCUT2D eigenvalue weighted by Gasteiger charge is -2.22. The molecule has 1 aliphatic heterocycles. The van der Waals surface area contributed by atoms with Gasteiger partial charge in [0, 0.05) is 13.1 Å². The second-order valence-corrected chi connectivity index (χ2v) is 3.29. The zero-order valence-corrected chi connectivity index (χ0v) is 8.98. The highest BCUT2D eigenvalue weighted by atomic mass is 16.5. The number of nitrogens with two attached hydrogens (primary N) is 1. The average molecular weight is 220 g/mol. The first kappa shape index (κ1) is 14.3. The molecule has 1 aliphatic rings. The van der Waals surface area contributed by atoms with Crippen molar-refractivity contribution in [1.82, 2.24) is 5.32 Å². The van der Waals surface area contributed by atoms with Gasteiger partial charge in [-0.05, 0) is 19.9 Å². The Balaban J connectivity index is 0.000000288. The molecule has 0 radical (unpaired) electrons. The molecule has 2 atom stereocenters. The molecule has 0 aromatic rings. The van der Waals surface area contributed by atoms with Gasteiger partial charge in [0.2, 0.25) is 0 Å². The summed E-state index contributed by atoms with van der Waals surface area (Å²) < 4.78 is 5.38. The van der Waals surface area contributed by atoms with E-state index in [1.54, 1.807) is 0 Å². The molecule has 1 fully saturated rings. The number of aliphatic hydroxyl groups is 1. The Morgan fingerprint density at radius 1 is 1.73 bits per heavy atom. The second kappa shape index (κ2) is 8.60. The molecule has 1 saturated heterocycles. The number of nitrogens with one attached hydrogen (secondary N) is 1. The van der Waals surface area contributed by atoms with Gasteiger partial charge in [-0.1, -0.05) is 0 Å². The van der Waals surface area contributed by atoms with Crippen molar-refractivity contribution < 1.29 is 19.7 Å². The van der Waals surface area contributed by atoms with Crippen LogP contribution in [-0.4, -0.2) is 54.6 Å². The molecule has 0 aliphatic carbocycles. The van der Waals surface area contributed by atoms with E-state index in [1.807, 2.05) is 0 Å². The summed E-state index contributed by atoms with van der Waals surface area (Å²) >= 11 is 0. The van der Waals surface area contributed by atoms with Gasteiger partial charge in [-0.2, -0.15) is 0 Å². The molecule has 0 saturated carbocycles. The normalized spacial score (nSPS) is 22.5. The van der Waals surface area contributed by atoms with Crippen molar-refractivity contribution in [2.45, 2.75) is 25.6 Å². The van der Waals surface area contributed by atoms with Gasteiger partial charge in [-0.25, -0.2) is 4.79 Å². The van der Waals surface area contributed by atoms with Gasteiger partial charge in [-0.3, -0.25) is 0 Å². The summed E-state index contributed by atoms with van der Waals surface area (Å²) in [7, 11) is 0. The number of hydrogen-bond donors (Lipinski definition) is 4. The van der Waals surface area contributed by atoms with Gasteiger partial charge in [0.1, 0.15) is 6.10 Å². The third-order valence-electron chi connectivity index (χ3n) is 1.85. The van der Waals surface area contributed by atoms with Gasteiger partial charge < -0.3 is 26.0 Å². The van der Waals surface area contributed by atoms with Crippen LogP contribution in [0.5, 0.6) is 0 Å². The van der Waals surface area contributed by atoms with Crippen molar-refractivity contribution in [3.63, 3.8) is 0 Å². The molecule has 0 amide bonds. The van der Waals surface area contributed by atoms with Crippen LogP contribution in [0.15, 0.2) is 0 Å². The number of morpholine rings is 1. The molecule has 15 heavy (non-hydrogen) atoms. The Labute approximate surface area is 89.4 Å². The van der Waals surface area contributed by atoms with Crippen LogP contribution in [0.25, 0.3) is 0 Å². The molecule has 0 aromatic carbocycles. The quantitative estimate of drug-likeness (QED) is 0.475. The fourth-order valence-electron chi connectivity index (χ4n) is 0.991. The summed E-state index contributed by atoms with van der Waals surface area (Å²) in [6, 6.07) is 0. The molecule has 1 rings (SSSR count). The number of hydrogen-bond acceptors (Lipinski definition) is 5. The molecule has 5 N–H and O–H groups in total. The van der Waals surface area contributed by atoms with Gasteiger partial charge in [-0.15, -0.1) is 0 Å². The maximum Gasteiger partial charge on any atom is 0.332 e. The fourth-order valence-corrected chi connectivity index (χ4v) is 0.991. The number of carboxylic acids is 1. The summed E-state index contributed by atoms with van der Waals surface area (Å²) in [5.41, 5.74) is 5.35. The first-order valence-electron chi connectivity index (χ1n) is 5.01. The summed E-state index contributed by atoms with van der Waals surface area (Å²) in [6.07, 6.45) is 0.112. The third kappa shape index (κ3) is 8.31. The summed E-state index contributed by atoms with van der Waals surface area (Å²) in [5, 5.41) is 19.0. The van der Waals surface area contributed by atoms with Crippen LogP contribution in [0.2, 0.25) is 0 Å². The van der Waals surface area contributed by atoms with E-state index >= 15 is 0 Å². The Hall–Kier alpha value is -0.690. The van der Waals surface area contributed by atoms with E-state index in [4.69, 9.17) is 20.7 Å². The van der Waals surface area contributed by atoms with Crippen LogP contribution in [0.4, 0.5) is 0 Å². The Kier molecular flexibility index (Phi) is 8.21. The van der Waals surface area contributed by atoms with E-state index < -0.39 is 12.1 Å². The van der Waals surface area contributed by atoms with Crippen LogP contribution < -0.4 is 11.1 Å². The van der Waals surface area contributed by atoms with Crippen molar-refractivity contribution in [1.29, 1.82) is 0 Å². The van der Waals surface area contributed by atoms with Crippen LogP contribution in [-0.2, 0) is 9.53 Å². The maximum absolute atomic E-state index is 9.45. The Bertz CT molecular complexity index is 167. The van der Waals surface area contributed by atoms with Crippen LogP contribution in [0.1, 0.15) is 13.3 Å². The molecular weight excluding hydrogens is 200 g/mol. The predicted molar refractivity (Wildman–Crippen MR) is 55.6 cm³/mol. The molecule has 1 heterocycles. The molecule has 6 heteroatoms. The summed E-state index contributed by atoms with van der Waals surface area (Å²) in [5.74, 6) is -1.19. The van der Waals surface area contributed by atoms with Gasteiger partial charge in [0.25, 0.3) is 0 Å². The monoisotopic (exact) mass is 220 g/mol. The van der Waals surface area contributed by atoms with Gasteiger partial charge >= 0.3 is 5.97 Å². The summed E-state index contributed by atoms with van der Waals surface area (Å²) in [4.78, 5) is 9.45. The van der Waals surface area contributed by atoms with Gasteiger partial charge in [0.05, 0.1) is 12.7 Å². The standard InChI is InChI=1S/C6H14N2O.C3H6O3/c7-2-1-6-5-8-3-4-9-6;1-2(4)3(5)6/h6,8H,1-5,7H2;2,4H,1H3,(H,5,6). The topological polar surface area (TPSA) is 105 Å². The molecule has 90 valence electrons. The van der Waals surface area contributed by atoms with Crippen molar-refractivity contribution >= 4 is 5.97 Å². The maximum atomic E-state index is 9.45. The zero-order chi connectivity index (χ0) is 11.7. The van der Waals surface area contributed by atoms with Crippen molar-refractivity contribution in [3.05, 3.63) is 0 Å². The SMILES string of the molecule is CC(O)C(=O)O.NCCC1CNCCO1. The van der Waals surface area contributed by atoms with E-state index in [1.165, 1.54) is 6.92 Å². The number of ether oxygens (including phenoxy) is 1. The van der Waals surface area contributed by atoms with E-state index in [2.05, 4.69) is 5.32 Å². The number of aliphatic carboxylic acids is 1. The summed E-state index contributed by atoms with van der Waals surface area (Å²) in [6.45, 7) is 4.72. The minimum atomic E-state index is -1.23. The lowest BCUT2D eigenvalue weighted by molar-refractivity contribution is -0.145. The molecule has 0 bridgehead atoms. The highest BCUT2D eigenvalue weighted by molar-refractivity contribution is 5.71. The molecular formula is C9H20N2O4. The fraction of sp³-hybridized carbons (Fsp3) is 0.889. The lowest BCUT2D eigenvalue weighted by atomic mass is 10.2. The predicted octanol–water partition coefficient (Wildman–Crippen LogP) is -1.22. The largest absolute Gasteiger partial charge is 0.479 e. The van der Waals surface area contributed by atoms with Crippen molar-refractivity contribution in [2.24, 2.45) is 5.73 Å². The zero-order valence-electron chi connectivity index (χ0n) is 8.98. The van der Waals surface area contributed by atoms with Crippen LogP contribution in [0.3, 0.4) is 0 Å². The minimum absolute atomic E-state index is 0.365. The smallest absolute Gasteiger partial charge is 0.332 e. The second-order valence-electron chi connectivity index (χ2n) is 3.29. The van der Waals surface area contributed by atoms with Crippen LogP contribution >= 0.6 is 0 Å². The van der Waals surface area contributed by atoms with E-state index in [0.717, 1.165) is 32.7 Å². The van der Waals surface area contributed by atoms with Gasteiger partial charge in [0.15, 0.2) is 0 Å². The van der Waals surface area contributed by atoms with E-state index in [9.17, 15) is 4.79 Å². The number of rotatable bonds is 3. The Morgan fingerprint density at radius 2 is 2.33 bits per heavy atom. The van der Waals surface area contributed by atoms with Crippen molar-refractivity contribution in [3.8, 4) is 0 Å². The van der Waals surface area contributed by atoms with E-state index in [-0.39, 0.29) is 0 Å². The number of carbonyl (C=O) groups is 1. The lowest BCUT2D eigenvalue weighted by Crippen LogP contribution is -2.39.